The highest BCUT2D eigenvalue weighted by molar-refractivity contribution is 9.10. The maximum atomic E-state index is 10.8. The fourth-order valence-electron chi connectivity index (χ4n) is 1.67. The van der Waals surface area contributed by atoms with Crippen molar-refractivity contribution in [3.63, 3.8) is 0 Å². The molecular formula is C14H15BrN4O3S. The number of hydrogen-bond acceptors (Lipinski definition) is 7. The van der Waals surface area contributed by atoms with Gasteiger partial charge in [-0.1, -0.05) is 0 Å². The summed E-state index contributed by atoms with van der Waals surface area (Å²) in [6, 6.07) is 3.52. The van der Waals surface area contributed by atoms with Gasteiger partial charge < -0.3 is 15.2 Å². The standard InChI is InChI=1S/C14H15BrN4O3S/c1-8-7-23-14(18-8)19-17-5-9-3-10(15)13(11(4-9)21-2)22-6-12(16)20/h3-5,7H,6H2,1-2H3,(H2,16,20)(H,18,19). The van der Waals surface area contributed by atoms with Crippen molar-refractivity contribution >= 4 is 44.5 Å². The number of aryl methyl sites for hydroxylation is 1. The number of carbonyl (C=O) groups is 1. The number of hydrazone groups is 1. The largest absolute Gasteiger partial charge is 0.493 e. The van der Waals surface area contributed by atoms with Gasteiger partial charge in [0.25, 0.3) is 5.91 Å². The van der Waals surface area contributed by atoms with Gasteiger partial charge in [0, 0.05) is 5.38 Å². The third-order valence-corrected chi connectivity index (χ3v) is 4.06. The van der Waals surface area contributed by atoms with Crippen LogP contribution < -0.4 is 20.6 Å². The van der Waals surface area contributed by atoms with Crippen molar-refractivity contribution in [3.05, 3.63) is 33.2 Å². The number of nitrogens with zero attached hydrogens (tertiary/aromatic N) is 2. The highest BCUT2D eigenvalue weighted by Gasteiger charge is 2.12. The molecule has 0 bridgehead atoms. The molecule has 2 rings (SSSR count). The van der Waals surface area contributed by atoms with Gasteiger partial charge in [-0.15, -0.1) is 11.3 Å². The zero-order valence-electron chi connectivity index (χ0n) is 12.5. The SMILES string of the molecule is COc1cc(C=NNc2nc(C)cs2)cc(Br)c1OCC(N)=O. The van der Waals surface area contributed by atoms with Crippen LogP contribution in [0.2, 0.25) is 0 Å². The minimum atomic E-state index is -0.562. The molecule has 3 N–H and O–H groups in total. The molecule has 0 spiro atoms. The first kappa shape index (κ1) is 17.2. The summed E-state index contributed by atoms with van der Waals surface area (Å²) < 4.78 is 11.2. The van der Waals surface area contributed by atoms with Crippen molar-refractivity contribution in [3.8, 4) is 11.5 Å². The number of anilines is 1. The number of hydrogen-bond donors (Lipinski definition) is 2. The zero-order chi connectivity index (χ0) is 16.8. The summed E-state index contributed by atoms with van der Waals surface area (Å²) in [6.07, 6.45) is 1.63. The lowest BCUT2D eigenvalue weighted by Gasteiger charge is -2.12. The summed E-state index contributed by atoms with van der Waals surface area (Å²) in [5.41, 5.74) is 9.65. The van der Waals surface area contributed by atoms with Crippen LogP contribution in [-0.2, 0) is 4.79 Å². The van der Waals surface area contributed by atoms with E-state index in [0.717, 1.165) is 11.3 Å². The minimum Gasteiger partial charge on any atom is -0.493 e. The van der Waals surface area contributed by atoms with Crippen LogP contribution in [0.4, 0.5) is 5.13 Å². The summed E-state index contributed by atoms with van der Waals surface area (Å²) in [6.45, 7) is 1.69. The van der Waals surface area contributed by atoms with E-state index in [9.17, 15) is 4.79 Å². The number of halogens is 1. The number of nitrogens with one attached hydrogen (secondary N) is 1. The van der Waals surface area contributed by atoms with Crippen molar-refractivity contribution in [2.75, 3.05) is 19.1 Å². The number of aromatic nitrogens is 1. The van der Waals surface area contributed by atoms with E-state index in [-0.39, 0.29) is 6.61 Å². The topological polar surface area (TPSA) is 98.8 Å². The summed E-state index contributed by atoms with van der Waals surface area (Å²) >= 11 is 4.85. The van der Waals surface area contributed by atoms with E-state index in [1.165, 1.54) is 18.4 Å². The Balaban J connectivity index is 2.13. The average molecular weight is 399 g/mol. The second-order valence-electron chi connectivity index (χ2n) is 4.45. The van der Waals surface area contributed by atoms with Gasteiger partial charge in [0.05, 0.1) is 23.5 Å². The average Bonchev–Trinajstić information content (AvgIpc) is 2.91. The molecule has 0 unspecified atom stereocenters. The van der Waals surface area contributed by atoms with Gasteiger partial charge in [-0.05, 0) is 40.5 Å². The van der Waals surface area contributed by atoms with Crippen molar-refractivity contribution in [2.45, 2.75) is 6.92 Å². The Morgan fingerprint density at radius 1 is 1.57 bits per heavy atom. The third-order valence-electron chi connectivity index (χ3n) is 2.60. The zero-order valence-corrected chi connectivity index (χ0v) is 14.9. The monoisotopic (exact) mass is 398 g/mol. The van der Waals surface area contributed by atoms with Gasteiger partial charge >= 0.3 is 0 Å². The van der Waals surface area contributed by atoms with Gasteiger partial charge in [0.2, 0.25) is 5.13 Å². The molecule has 0 aliphatic heterocycles. The first-order valence-corrected chi connectivity index (χ1v) is 8.16. The molecule has 1 amide bonds. The van der Waals surface area contributed by atoms with E-state index in [1.54, 1.807) is 18.3 Å². The quantitative estimate of drug-likeness (QED) is 0.551. The summed E-state index contributed by atoms with van der Waals surface area (Å²) in [4.78, 5) is 15.1. The van der Waals surface area contributed by atoms with Crippen LogP contribution in [0.1, 0.15) is 11.3 Å². The predicted octanol–water partition coefficient (Wildman–Crippen LogP) is 2.53. The van der Waals surface area contributed by atoms with E-state index in [2.05, 4.69) is 31.4 Å². The molecular weight excluding hydrogens is 384 g/mol. The predicted molar refractivity (Wildman–Crippen MR) is 93.5 cm³/mol. The van der Waals surface area contributed by atoms with Crippen LogP contribution in [0.5, 0.6) is 11.5 Å². The lowest BCUT2D eigenvalue weighted by molar-refractivity contribution is -0.119. The molecule has 122 valence electrons. The van der Waals surface area contributed by atoms with Gasteiger partial charge in [-0.25, -0.2) is 4.98 Å². The van der Waals surface area contributed by atoms with Gasteiger partial charge in [-0.3, -0.25) is 10.2 Å². The van der Waals surface area contributed by atoms with Crippen LogP contribution >= 0.6 is 27.3 Å². The van der Waals surface area contributed by atoms with E-state index in [4.69, 9.17) is 15.2 Å². The van der Waals surface area contributed by atoms with Crippen molar-refractivity contribution in [2.24, 2.45) is 10.8 Å². The number of primary amides is 1. The third kappa shape index (κ3) is 4.93. The number of benzene rings is 1. The maximum Gasteiger partial charge on any atom is 0.255 e. The molecule has 1 heterocycles. The van der Waals surface area contributed by atoms with Crippen LogP contribution in [-0.4, -0.2) is 30.8 Å². The van der Waals surface area contributed by atoms with Crippen LogP contribution in [0, 0.1) is 6.92 Å². The Labute approximate surface area is 145 Å². The number of nitrogens with two attached hydrogens (primary N) is 1. The molecule has 9 heteroatoms. The molecule has 0 atom stereocenters. The first-order chi connectivity index (χ1) is 11.0. The molecule has 1 aromatic heterocycles. The van der Waals surface area contributed by atoms with E-state index in [1.807, 2.05) is 12.3 Å². The second-order valence-corrected chi connectivity index (χ2v) is 6.17. The van der Waals surface area contributed by atoms with Crippen LogP contribution in [0.25, 0.3) is 0 Å². The number of ether oxygens (including phenoxy) is 2. The lowest BCUT2D eigenvalue weighted by atomic mass is 10.2. The number of carbonyl (C=O) groups excluding carboxylic acids is 1. The van der Waals surface area contributed by atoms with Crippen molar-refractivity contribution in [1.29, 1.82) is 0 Å². The Morgan fingerprint density at radius 3 is 2.96 bits per heavy atom. The highest BCUT2D eigenvalue weighted by Crippen LogP contribution is 2.36. The Kier molecular flexibility index (Phi) is 5.94. The Bertz CT molecular complexity index is 733. The summed E-state index contributed by atoms with van der Waals surface area (Å²) in [7, 11) is 1.51. The molecule has 0 saturated heterocycles. The Hall–Kier alpha value is -2.13. The number of thiazole rings is 1. The smallest absolute Gasteiger partial charge is 0.255 e. The van der Waals surface area contributed by atoms with Gasteiger partial charge in [0.15, 0.2) is 18.1 Å². The lowest BCUT2D eigenvalue weighted by Crippen LogP contribution is -2.20. The summed E-state index contributed by atoms with van der Waals surface area (Å²) in [5.74, 6) is 0.312. The number of rotatable bonds is 7. The molecule has 0 radical (unpaired) electrons. The van der Waals surface area contributed by atoms with Crippen molar-refractivity contribution < 1.29 is 14.3 Å². The number of amides is 1. The van der Waals surface area contributed by atoms with Crippen molar-refractivity contribution in [1.82, 2.24) is 4.98 Å². The molecule has 0 aliphatic carbocycles. The summed E-state index contributed by atoms with van der Waals surface area (Å²) in [5, 5.41) is 6.77. The molecule has 0 saturated carbocycles. The first-order valence-electron chi connectivity index (χ1n) is 6.49. The highest BCUT2D eigenvalue weighted by atomic mass is 79.9. The molecule has 0 fully saturated rings. The van der Waals surface area contributed by atoms with Gasteiger partial charge in [-0.2, -0.15) is 5.10 Å². The molecule has 2 aromatic rings. The Morgan fingerprint density at radius 2 is 2.35 bits per heavy atom. The molecule has 0 aliphatic rings. The molecule has 1 aromatic carbocycles. The normalized spacial score (nSPS) is 10.7. The maximum absolute atomic E-state index is 10.8. The van der Waals surface area contributed by atoms with E-state index < -0.39 is 5.91 Å². The number of methoxy groups -OCH3 is 1. The molecule has 7 nitrogen and oxygen atoms in total. The molecule has 23 heavy (non-hydrogen) atoms. The van der Waals surface area contributed by atoms with Gasteiger partial charge in [0.1, 0.15) is 0 Å². The minimum absolute atomic E-state index is 0.229. The second kappa shape index (κ2) is 7.93. The fourth-order valence-corrected chi connectivity index (χ4v) is 2.88. The van der Waals surface area contributed by atoms with E-state index >= 15 is 0 Å². The van der Waals surface area contributed by atoms with E-state index in [0.29, 0.717) is 21.1 Å². The fraction of sp³-hybridized carbons (Fsp3) is 0.214. The van der Waals surface area contributed by atoms with Crippen LogP contribution in [0.3, 0.4) is 0 Å². The van der Waals surface area contributed by atoms with Crippen LogP contribution in [0.15, 0.2) is 27.1 Å².